The second kappa shape index (κ2) is 7.41. The zero-order valence-electron chi connectivity index (χ0n) is 10.9. The molecular formula is C13H21F2N3. The Morgan fingerprint density at radius 3 is 2.44 bits per heavy atom. The van der Waals surface area contributed by atoms with Crippen LogP contribution in [0.25, 0.3) is 0 Å². The molecule has 0 fully saturated rings. The fourth-order valence-electron chi connectivity index (χ4n) is 1.96. The van der Waals surface area contributed by atoms with Crippen LogP contribution in [0.4, 0.5) is 8.78 Å². The van der Waals surface area contributed by atoms with Gasteiger partial charge in [0.1, 0.15) is 11.6 Å². The van der Waals surface area contributed by atoms with Crippen LogP contribution >= 0.6 is 0 Å². The van der Waals surface area contributed by atoms with Crippen molar-refractivity contribution >= 4 is 0 Å². The van der Waals surface area contributed by atoms with Crippen LogP contribution in [0.5, 0.6) is 0 Å². The van der Waals surface area contributed by atoms with Crippen LogP contribution in [0.1, 0.15) is 31.9 Å². The van der Waals surface area contributed by atoms with Crippen molar-refractivity contribution in [3.05, 3.63) is 35.4 Å². The van der Waals surface area contributed by atoms with Crippen molar-refractivity contribution in [3.63, 3.8) is 0 Å². The number of benzene rings is 1. The molecular weight excluding hydrogens is 236 g/mol. The molecule has 0 amide bonds. The summed E-state index contributed by atoms with van der Waals surface area (Å²) >= 11 is 0. The predicted molar refractivity (Wildman–Crippen MR) is 68.8 cm³/mol. The second-order valence-electron chi connectivity index (χ2n) is 4.20. The van der Waals surface area contributed by atoms with Crippen molar-refractivity contribution in [2.75, 3.05) is 19.6 Å². The van der Waals surface area contributed by atoms with Crippen LogP contribution in [-0.4, -0.2) is 24.5 Å². The van der Waals surface area contributed by atoms with E-state index in [9.17, 15) is 8.78 Å². The second-order valence-corrected chi connectivity index (χ2v) is 4.20. The fourth-order valence-corrected chi connectivity index (χ4v) is 1.96. The first-order valence-corrected chi connectivity index (χ1v) is 6.25. The summed E-state index contributed by atoms with van der Waals surface area (Å²) in [6, 6.07) is 3.28. The largest absolute Gasteiger partial charge is 0.304 e. The van der Waals surface area contributed by atoms with Crippen molar-refractivity contribution in [3.8, 4) is 0 Å². The molecule has 0 aliphatic heterocycles. The maximum Gasteiger partial charge on any atom is 0.130 e. The number of nitrogens with one attached hydrogen (secondary N) is 1. The summed E-state index contributed by atoms with van der Waals surface area (Å²) in [4.78, 5) is 2.23. The van der Waals surface area contributed by atoms with Crippen molar-refractivity contribution in [1.29, 1.82) is 0 Å². The minimum atomic E-state index is -0.573. The lowest BCUT2D eigenvalue weighted by molar-refractivity contribution is 0.281. The fraction of sp³-hybridized carbons (Fsp3) is 0.538. The number of halogens is 2. The summed E-state index contributed by atoms with van der Waals surface area (Å²) in [7, 11) is 0. The number of nitrogens with two attached hydrogens (primary N) is 1. The first kappa shape index (κ1) is 15.0. The smallest absolute Gasteiger partial charge is 0.130 e. The van der Waals surface area contributed by atoms with Gasteiger partial charge in [0.25, 0.3) is 0 Å². The Bertz CT molecular complexity index is 367. The molecule has 0 aliphatic carbocycles. The SMILES string of the molecule is CCN(CC)CCC(NN)c1ccc(F)cc1F. The Kier molecular flexibility index (Phi) is 6.18. The molecule has 0 saturated carbocycles. The number of hydrogen-bond acceptors (Lipinski definition) is 3. The number of nitrogens with zero attached hydrogens (tertiary/aromatic N) is 1. The number of hydrazine groups is 1. The minimum Gasteiger partial charge on any atom is -0.304 e. The summed E-state index contributed by atoms with van der Waals surface area (Å²) in [5, 5.41) is 0. The minimum absolute atomic E-state index is 0.300. The molecule has 5 heteroatoms. The van der Waals surface area contributed by atoms with E-state index in [0.29, 0.717) is 12.0 Å². The van der Waals surface area contributed by atoms with Crippen LogP contribution < -0.4 is 11.3 Å². The van der Waals surface area contributed by atoms with Gasteiger partial charge in [0, 0.05) is 11.6 Å². The first-order valence-electron chi connectivity index (χ1n) is 6.25. The van der Waals surface area contributed by atoms with E-state index in [0.717, 1.165) is 25.7 Å². The van der Waals surface area contributed by atoms with Gasteiger partial charge in [0.2, 0.25) is 0 Å². The molecule has 18 heavy (non-hydrogen) atoms. The monoisotopic (exact) mass is 257 g/mol. The lowest BCUT2D eigenvalue weighted by Crippen LogP contribution is -2.33. The molecule has 0 heterocycles. The van der Waals surface area contributed by atoms with Crippen LogP contribution in [0.15, 0.2) is 18.2 Å². The molecule has 0 radical (unpaired) electrons. The molecule has 0 saturated heterocycles. The third-order valence-corrected chi connectivity index (χ3v) is 3.17. The summed E-state index contributed by atoms with van der Waals surface area (Å²) in [5.41, 5.74) is 3.00. The molecule has 0 bridgehead atoms. The summed E-state index contributed by atoms with van der Waals surface area (Å²) in [5.74, 6) is 4.32. The highest BCUT2D eigenvalue weighted by atomic mass is 19.1. The Labute approximate surface area is 107 Å². The third kappa shape index (κ3) is 4.01. The van der Waals surface area contributed by atoms with Gasteiger partial charge in [-0.15, -0.1) is 0 Å². The third-order valence-electron chi connectivity index (χ3n) is 3.17. The van der Waals surface area contributed by atoms with Gasteiger partial charge in [0.05, 0.1) is 6.04 Å². The van der Waals surface area contributed by atoms with Gasteiger partial charge in [-0.25, -0.2) is 8.78 Å². The predicted octanol–water partition coefficient (Wildman–Crippen LogP) is 2.20. The van der Waals surface area contributed by atoms with Gasteiger partial charge in [-0.2, -0.15) is 0 Å². The van der Waals surface area contributed by atoms with E-state index < -0.39 is 11.6 Å². The maximum absolute atomic E-state index is 13.6. The molecule has 1 atom stereocenters. The van der Waals surface area contributed by atoms with Crippen molar-refractivity contribution < 1.29 is 8.78 Å². The highest BCUT2D eigenvalue weighted by Gasteiger charge is 2.15. The van der Waals surface area contributed by atoms with Crippen LogP contribution in [0.2, 0.25) is 0 Å². The topological polar surface area (TPSA) is 41.3 Å². The number of hydrogen-bond donors (Lipinski definition) is 2. The van der Waals surface area contributed by atoms with Crippen molar-refractivity contribution in [1.82, 2.24) is 10.3 Å². The van der Waals surface area contributed by atoms with Crippen molar-refractivity contribution in [2.45, 2.75) is 26.3 Å². The molecule has 1 rings (SSSR count). The lowest BCUT2D eigenvalue weighted by atomic mass is 10.0. The summed E-state index contributed by atoms with van der Waals surface area (Å²) < 4.78 is 26.5. The molecule has 102 valence electrons. The van der Waals surface area contributed by atoms with Gasteiger partial charge in [-0.1, -0.05) is 19.9 Å². The molecule has 1 unspecified atom stereocenters. The molecule has 0 aliphatic rings. The molecule has 0 aromatic heterocycles. The van der Waals surface area contributed by atoms with Crippen LogP contribution in [-0.2, 0) is 0 Å². The Balaban J connectivity index is 2.71. The summed E-state index contributed by atoms with van der Waals surface area (Å²) in [6.45, 7) is 6.86. The molecule has 3 nitrogen and oxygen atoms in total. The summed E-state index contributed by atoms with van der Waals surface area (Å²) in [6.07, 6.45) is 0.681. The molecule has 0 spiro atoms. The van der Waals surface area contributed by atoms with Gasteiger partial charge >= 0.3 is 0 Å². The van der Waals surface area contributed by atoms with E-state index in [2.05, 4.69) is 24.2 Å². The van der Waals surface area contributed by atoms with E-state index in [-0.39, 0.29) is 6.04 Å². The van der Waals surface area contributed by atoms with Crippen LogP contribution in [0.3, 0.4) is 0 Å². The average Bonchev–Trinajstić information content (AvgIpc) is 2.36. The maximum atomic E-state index is 13.6. The van der Waals surface area contributed by atoms with E-state index in [4.69, 9.17) is 5.84 Å². The van der Waals surface area contributed by atoms with Crippen molar-refractivity contribution in [2.24, 2.45) is 5.84 Å². The van der Waals surface area contributed by atoms with E-state index in [1.807, 2.05) is 0 Å². The zero-order valence-corrected chi connectivity index (χ0v) is 10.9. The quantitative estimate of drug-likeness (QED) is 0.581. The Hall–Kier alpha value is -1.04. The van der Waals surface area contributed by atoms with Gasteiger partial charge < -0.3 is 4.90 Å². The first-order chi connectivity index (χ1) is 8.62. The van der Waals surface area contributed by atoms with E-state index in [1.54, 1.807) is 0 Å². The highest BCUT2D eigenvalue weighted by Crippen LogP contribution is 2.20. The molecule has 1 aromatic rings. The molecule has 1 aromatic carbocycles. The van der Waals surface area contributed by atoms with Gasteiger partial charge in [-0.3, -0.25) is 11.3 Å². The van der Waals surface area contributed by atoms with E-state index >= 15 is 0 Å². The zero-order chi connectivity index (χ0) is 13.5. The van der Waals surface area contributed by atoms with E-state index in [1.165, 1.54) is 12.1 Å². The Morgan fingerprint density at radius 2 is 1.94 bits per heavy atom. The van der Waals surface area contributed by atoms with Gasteiger partial charge in [-0.05, 0) is 32.1 Å². The van der Waals surface area contributed by atoms with Crippen LogP contribution in [0, 0.1) is 11.6 Å². The normalized spacial score (nSPS) is 13.0. The standard InChI is InChI=1S/C13H21F2N3/c1-3-18(4-2)8-7-13(17-16)11-6-5-10(14)9-12(11)15/h5-6,9,13,17H,3-4,7-8,16H2,1-2H3. The highest BCUT2D eigenvalue weighted by molar-refractivity contribution is 5.22. The van der Waals surface area contributed by atoms with Gasteiger partial charge in [0.15, 0.2) is 0 Å². The number of rotatable bonds is 7. The Morgan fingerprint density at radius 1 is 1.28 bits per heavy atom. The lowest BCUT2D eigenvalue weighted by Gasteiger charge is -2.22. The molecule has 3 N–H and O–H groups in total. The average molecular weight is 257 g/mol.